The van der Waals surface area contributed by atoms with Crippen LogP contribution in [-0.2, 0) is 17.6 Å². The van der Waals surface area contributed by atoms with E-state index in [0.717, 1.165) is 29.8 Å². The molecule has 1 aromatic heterocycles. The number of fused-ring (bicyclic) bond motifs is 1. The lowest BCUT2D eigenvalue weighted by atomic mass is 9.91. The lowest BCUT2D eigenvalue weighted by molar-refractivity contribution is 0.157. The number of ether oxygens (including phenoxy) is 1. The van der Waals surface area contributed by atoms with Gasteiger partial charge in [0.05, 0.1) is 17.6 Å². The molecule has 1 aromatic carbocycles. The standard InChI is InChI=1S/C17H18N4O/c1-10-8-19-9-15(20-10)13-5-3-4-12-6-17(7-14(12)13)11(2)22-16(18)21-17/h3-5,8-9,11H,6-7H2,1-2H3,(H2,18,21). The van der Waals surface area contributed by atoms with Crippen LogP contribution in [0.2, 0.25) is 0 Å². The summed E-state index contributed by atoms with van der Waals surface area (Å²) < 4.78 is 5.59. The molecule has 1 aliphatic heterocycles. The molecule has 2 aromatic rings. The van der Waals surface area contributed by atoms with Gasteiger partial charge in [0.25, 0.3) is 6.02 Å². The quantitative estimate of drug-likeness (QED) is 0.873. The van der Waals surface area contributed by atoms with E-state index < -0.39 is 0 Å². The molecule has 0 fully saturated rings. The van der Waals surface area contributed by atoms with Crippen molar-refractivity contribution < 1.29 is 4.74 Å². The zero-order valence-corrected chi connectivity index (χ0v) is 12.7. The molecule has 2 N–H and O–H groups in total. The molecule has 4 rings (SSSR count). The van der Waals surface area contributed by atoms with Gasteiger partial charge in [0.15, 0.2) is 0 Å². The fraction of sp³-hybridized carbons (Fsp3) is 0.353. The van der Waals surface area contributed by atoms with Crippen molar-refractivity contribution in [3.63, 3.8) is 0 Å². The second-order valence-corrected chi connectivity index (χ2v) is 6.16. The van der Waals surface area contributed by atoms with Gasteiger partial charge in [-0.1, -0.05) is 18.2 Å². The number of nitrogens with zero attached hydrogens (tertiary/aromatic N) is 3. The maximum atomic E-state index is 5.79. The third-order valence-corrected chi connectivity index (χ3v) is 4.67. The Hall–Kier alpha value is -2.43. The summed E-state index contributed by atoms with van der Waals surface area (Å²) >= 11 is 0. The molecule has 0 bridgehead atoms. The molecule has 2 heterocycles. The van der Waals surface area contributed by atoms with Crippen LogP contribution in [0.15, 0.2) is 35.6 Å². The molecule has 2 aliphatic rings. The number of nitrogens with two attached hydrogens (primary N) is 1. The highest BCUT2D eigenvalue weighted by atomic mass is 16.5. The van der Waals surface area contributed by atoms with Crippen LogP contribution in [0.1, 0.15) is 23.7 Å². The summed E-state index contributed by atoms with van der Waals surface area (Å²) in [4.78, 5) is 13.5. The van der Waals surface area contributed by atoms with Gasteiger partial charge in [-0.3, -0.25) is 4.98 Å². The van der Waals surface area contributed by atoms with E-state index in [1.54, 1.807) is 6.20 Å². The molecular weight excluding hydrogens is 276 g/mol. The Labute approximate surface area is 129 Å². The van der Waals surface area contributed by atoms with Gasteiger partial charge in [0.2, 0.25) is 0 Å². The lowest BCUT2D eigenvalue weighted by Gasteiger charge is -2.23. The SMILES string of the molecule is Cc1cncc(-c2cccc3c2CC2(C3)N=C(N)OC2C)n1. The van der Waals surface area contributed by atoms with Gasteiger partial charge >= 0.3 is 0 Å². The molecule has 22 heavy (non-hydrogen) atoms. The first-order valence-corrected chi connectivity index (χ1v) is 7.49. The van der Waals surface area contributed by atoms with Gasteiger partial charge in [-0.2, -0.15) is 0 Å². The van der Waals surface area contributed by atoms with E-state index in [4.69, 9.17) is 10.5 Å². The molecule has 1 aliphatic carbocycles. The van der Waals surface area contributed by atoms with Crippen LogP contribution < -0.4 is 5.73 Å². The summed E-state index contributed by atoms with van der Waals surface area (Å²) in [5.74, 6) is 0. The Balaban J connectivity index is 1.81. The molecular formula is C17H18N4O. The number of aryl methyl sites for hydroxylation is 1. The summed E-state index contributed by atoms with van der Waals surface area (Å²) in [7, 11) is 0. The van der Waals surface area contributed by atoms with Crippen molar-refractivity contribution in [2.75, 3.05) is 0 Å². The van der Waals surface area contributed by atoms with Crippen LogP contribution in [0.5, 0.6) is 0 Å². The number of aromatic nitrogens is 2. The Bertz CT molecular complexity index is 786. The zero-order valence-electron chi connectivity index (χ0n) is 12.7. The predicted octanol–water partition coefficient (Wildman–Crippen LogP) is 2.02. The first-order chi connectivity index (χ1) is 10.6. The number of benzene rings is 1. The molecule has 2 unspecified atom stereocenters. The summed E-state index contributed by atoms with van der Waals surface area (Å²) in [6, 6.07) is 6.64. The largest absolute Gasteiger partial charge is 0.460 e. The molecule has 1 spiro atoms. The molecule has 0 saturated carbocycles. The van der Waals surface area contributed by atoms with Crippen molar-refractivity contribution in [1.29, 1.82) is 0 Å². The molecule has 2 atom stereocenters. The Kier molecular flexibility index (Phi) is 2.73. The van der Waals surface area contributed by atoms with Crippen molar-refractivity contribution in [3.05, 3.63) is 47.4 Å². The van der Waals surface area contributed by atoms with E-state index in [1.807, 2.05) is 20.0 Å². The first kappa shape index (κ1) is 13.2. The number of rotatable bonds is 1. The number of amidine groups is 1. The third kappa shape index (κ3) is 1.89. The topological polar surface area (TPSA) is 73.4 Å². The van der Waals surface area contributed by atoms with Gasteiger partial charge in [-0.25, -0.2) is 9.98 Å². The molecule has 112 valence electrons. The Morgan fingerprint density at radius 1 is 1.27 bits per heavy atom. The number of hydrogen-bond acceptors (Lipinski definition) is 5. The third-order valence-electron chi connectivity index (χ3n) is 4.67. The lowest BCUT2D eigenvalue weighted by Crippen LogP contribution is -2.36. The van der Waals surface area contributed by atoms with Crippen LogP contribution in [0.3, 0.4) is 0 Å². The number of aliphatic imine (C=N–C) groups is 1. The van der Waals surface area contributed by atoms with E-state index in [0.29, 0.717) is 6.02 Å². The fourth-order valence-corrected chi connectivity index (χ4v) is 3.53. The average molecular weight is 294 g/mol. The maximum Gasteiger partial charge on any atom is 0.282 e. The van der Waals surface area contributed by atoms with E-state index in [9.17, 15) is 0 Å². The fourth-order valence-electron chi connectivity index (χ4n) is 3.53. The average Bonchev–Trinajstić information content (AvgIpc) is 2.98. The van der Waals surface area contributed by atoms with Gasteiger partial charge in [0, 0.05) is 24.6 Å². The minimum absolute atomic E-state index is 0.00339. The van der Waals surface area contributed by atoms with Crippen molar-refractivity contribution in [2.45, 2.75) is 38.3 Å². The minimum atomic E-state index is -0.264. The van der Waals surface area contributed by atoms with Crippen molar-refractivity contribution in [3.8, 4) is 11.3 Å². The van der Waals surface area contributed by atoms with Gasteiger partial charge in [-0.05, 0) is 25.0 Å². The van der Waals surface area contributed by atoms with Crippen molar-refractivity contribution in [1.82, 2.24) is 9.97 Å². The highest BCUT2D eigenvalue weighted by molar-refractivity contribution is 5.75. The van der Waals surface area contributed by atoms with E-state index in [-0.39, 0.29) is 11.6 Å². The van der Waals surface area contributed by atoms with E-state index in [2.05, 4.69) is 33.2 Å². The predicted molar refractivity (Wildman–Crippen MR) is 84.5 cm³/mol. The van der Waals surface area contributed by atoms with E-state index in [1.165, 1.54) is 11.1 Å². The van der Waals surface area contributed by atoms with Gasteiger partial charge < -0.3 is 10.5 Å². The first-order valence-electron chi connectivity index (χ1n) is 7.49. The van der Waals surface area contributed by atoms with Crippen LogP contribution in [0.4, 0.5) is 0 Å². The van der Waals surface area contributed by atoms with Crippen LogP contribution in [-0.4, -0.2) is 27.6 Å². The van der Waals surface area contributed by atoms with Crippen molar-refractivity contribution >= 4 is 6.02 Å². The zero-order chi connectivity index (χ0) is 15.3. The summed E-state index contributed by atoms with van der Waals surface area (Å²) in [5.41, 5.74) is 11.1. The molecule has 0 amide bonds. The van der Waals surface area contributed by atoms with E-state index >= 15 is 0 Å². The van der Waals surface area contributed by atoms with Crippen LogP contribution in [0, 0.1) is 6.92 Å². The van der Waals surface area contributed by atoms with Gasteiger partial charge in [0.1, 0.15) is 11.6 Å². The highest BCUT2D eigenvalue weighted by Gasteiger charge is 2.48. The Morgan fingerprint density at radius 3 is 2.86 bits per heavy atom. The molecule has 0 radical (unpaired) electrons. The second kappa shape index (κ2) is 4.53. The maximum absolute atomic E-state index is 5.79. The smallest absolute Gasteiger partial charge is 0.282 e. The molecule has 5 nitrogen and oxygen atoms in total. The highest BCUT2D eigenvalue weighted by Crippen LogP contribution is 2.42. The van der Waals surface area contributed by atoms with Crippen molar-refractivity contribution in [2.24, 2.45) is 10.7 Å². The summed E-state index contributed by atoms with van der Waals surface area (Å²) in [6.45, 7) is 4.00. The normalized spacial score (nSPS) is 25.9. The van der Waals surface area contributed by atoms with Crippen LogP contribution >= 0.6 is 0 Å². The number of hydrogen-bond donors (Lipinski definition) is 1. The van der Waals surface area contributed by atoms with Gasteiger partial charge in [-0.15, -0.1) is 0 Å². The molecule has 0 saturated heterocycles. The monoisotopic (exact) mass is 294 g/mol. The Morgan fingerprint density at radius 2 is 2.14 bits per heavy atom. The van der Waals surface area contributed by atoms with Crippen LogP contribution in [0.25, 0.3) is 11.3 Å². The second-order valence-electron chi connectivity index (χ2n) is 6.16. The summed E-state index contributed by atoms with van der Waals surface area (Å²) in [5, 5.41) is 0. The minimum Gasteiger partial charge on any atom is -0.460 e. The summed E-state index contributed by atoms with van der Waals surface area (Å²) in [6.07, 6.45) is 5.27. The molecule has 5 heteroatoms.